The van der Waals surface area contributed by atoms with E-state index < -0.39 is 17.8 Å². The van der Waals surface area contributed by atoms with Gasteiger partial charge in [0.1, 0.15) is 11.4 Å². The van der Waals surface area contributed by atoms with Gasteiger partial charge in [0, 0.05) is 59.7 Å². The van der Waals surface area contributed by atoms with Gasteiger partial charge in [-0.05, 0) is 71.8 Å². The molecular weight excluding hydrogens is 659 g/mol. The number of carbonyl (C=O) groups is 4. The molecule has 1 saturated heterocycles. The van der Waals surface area contributed by atoms with Crippen LogP contribution in [0.1, 0.15) is 71.7 Å². The second-order valence-corrected chi connectivity index (χ2v) is 12.9. The summed E-state index contributed by atoms with van der Waals surface area (Å²) in [4.78, 5) is 61.6. The predicted octanol–water partition coefficient (Wildman–Crippen LogP) is 4.83. The normalized spacial score (nSPS) is 13.7. The number of pyridine rings is 1. The zero-order chi connectivity index (χ0) is 35.4. The van der Waals surface area contributed by atoms with Gasteiger partial charge < -0.3 is 35.5 Å². The van der Waals surface area contributed by atoms with Crippen molar-refractivity contribution in [3.05, 3.63) is 87.0 Å². The molecule has 0 saturated carbocycles. The zero-order valence-corrected chi connectivity index (χ0v) is 29.0. The summed E-state index contributed by atoms with van der Waals surface area (Å²) in [5.74, 6) is -1.45. The number of fused-ring (bicyclic) bond motifs is 3. The number of nitrogens with two attached hydrogens (primary N) is 1. The van der Waals surface area contributed by atoms with Gasteiger partial charge in [0.25, 0.3) is 17.7 Å². The Balaban J connectivity index is 1.51. The number of ether oxygens (including phenoxy) is 3. The average Bonchev–Trinajstić information content (AvgIpc) is 3.54. The lowest BCUT2D eigenvalue weighted by Crippen LogP contribution is -2.41. The van der Waals surface area contributed by atoms with Crippen molar-refractivity contribution >= 4 is 40.7 Å². The third-order valence-electron chi connectivity index (χ3n) is 8.72. The number of benzene rings is 2. The standard InChI is InChI=1S/C37H39N5O7S/c1-4-9-39-35(44)29-6-5-24(32(40-29)37(46)47-3)25-19-30-27(33-23(7-12-49-30)8-15-50-33)18-26(25)34(43)41-31-21(2)16-22(20-38)17-28(31)36(45)42-10-13-48-14-11-42/h5-6,8,15-19H,4,7,9-14,20,38H2,1-3H3,(H,39,44)(H,41,43). The lowest BCUT2D eigenvalue weighted by molar-refractivity contribution is 0.0303. The van der Waals surface area contributed by atoms with E-state index in [-0.39, 0.29) is 35.0 Å². The van der Waals surface area contributed by atoms with Crippen molar-refractivity contribution < 1.29 is 33.4 Å². The summed E-state index contributed by atoms with van der Waals surface area (Å²) in [6, 6.07) is 12.2. The average molecular weight is 698 g/mol. The topological polar surface area (TPSA) is 162 Å². The maximum absolute atomic E-state index is 14.6. The van der Waals surface area contributed by atoms with Crippen LogP contribution < -0.4 is 21.1 Å². The van der Waals surface area contributed by atoms with E-state index in [1.54, 1.807) is 40.5 Å². The van der Waals surface area contributed by atoms with E-state index in [9.17, 15) is 19.2 Å². The number of aryl methyl sites for hydroxylation is 1. The number of morpholine rings is 1. The van der Waals surface area contributed by atoms with Gasteiger partial charge in [-0.2, -0.15) is 0 Å². The quantitative estimate of drug-likeness (QED) is 0.208. The molecule has 0 unspecified atom stereocenters. The van der Waals surface area contributed by atoms with Crippen LogP contribution >= 0.6 is 11.3 Å². The Morgan fingerprint density at radius 1 is 0.980 bits per heavy atom. The van der Waals surface area contributed by atoms with Crippen molar-refractivity contribution in [2.75, 3.05) is 51.9 Å². The minimum Gasteiger partial charge on any atom is -0.493 e. The summed E-state index contributed by atoms with van der Waals surface area (Å²) in [5.41, 5.74) is 10.6. The SMILES string of the molecule is CCCNC(=O)c1ccc(-c2cc3c(cc2C(=O)Nc2c(C)cc(CN)cc2C(=O)N2CCOCC2)-c2sccc2CCO3)c(C(=O)OC)n1. The Labute approximate surface area is 293 Å². The summed E-state index contributed by atoms with van der Waals surface area (Å²) in [7, 11) is 1.23. The number of rotatable bonds is 9. The van der Waals surface area contributed by atoms with Gasteiger partial charge in [-0.1, -0.05) is 13.0 Å². The van der Waals surface area contributed by atoms with E-state index in [0.29, 0.717) is 74.0 Å². The second-order valence-electron chi connectivity index (χ2n) is 12.0. The van der Waals surface area contributed by atoms with Crippen molar-refractivity contribution in [1.82, 2.24) is 15.2 Å². The lowest BCUT2D eigenvalue weighted by atomic mass is 9.93. The van der Waals surface area contributed by atoms with E-state index in [1.807, 2.05) is 31.4 Å². The summed E-state index contributed by atoms with van der Waals surface area (Å²) in [6.45, 7) is 6.50. The van der Waals surface area contributed by atoms with E-state index in [1.165, 1.54) is 13.2 Å². The molecule has 12 nitrogen and oxygen atoms in total. The van der Waals surface area contributed by atoms with Gasteiger partial charge in [-0.3, -0.25) is 14.4 Å². The minimum absolute atomic E-state index is 0.0322. The number of methoxy groups -OCH3 is 1. The van der Waals surface area contributed by atoms with Crippen molar-refractivity contribution in [2.24, 2.45) is 5.73 Å². The Kier molecular flexibility index (Phi) is 10.6. The fraction of sp³-hybridized carbons (Fsp3) is 0.324. The maximum atomic E-state index is 14.6. The number of hydrogen-bond acceptors (Lipinski definition) is 10. The largest absolute Gasteiger partial charge is 0.493 e. The molecule has 2 aliphatic rings. The number of amides is 3. The molecule has 0 bridgehead atoms. The number of hydrogen-bond donors (Lipinski definition) is 3. The Hall–Kier alpha value is -5.11. The monoisotopic (exact) mass is 697 g/mol. The third kappa shape index (κ3) is 6.97. The number of nitrogens with one attached hydrogen (secondary N) is 2. The molecule has 13 heteroatoms. The van der Waals surface area contributed by atoms with E-state index in [0.717, 1.165) is 28.0 Å². The number of esters is 1. The molecule has 0 aliphatic carbocycles. The fourth-order valence-corrected chi connectivity index (χ4v) is 7.12. The molecule has 0 radical (unpaired) electrons. The molecule has 2 aliphatic heterocycles. The van der Waals surface area contributed by atoms with Gasteiger partial charge in [-0.25, -0.2) is 9.78 Å². The van der Waals surface area contributed by atoms with Gasteiger partial charge in [0.05, 0.1) is 38.2 Å². The highest BCUT2D eigenvalue weighted by Gasteiger charge is 2.29. The number of nitrogens with zero attached hydrogens (tertiary/aromatic N) is 2. The van der Waals surface area contributed by atoms with Crippen LogP contribution in [0.3, 0.4) is 0 Å². The zero-order valence-electron chi connectivity index (χ0n) is 28.2. The molecule has 4 aromatic rings. The molecule has 50 heavy (non-hydrogen) atoms. The molecule has 6 rings (SSSR count). The van der Waals surface area contributed by atoms with Crippen LogP contribution in [-0.2, 0) is 22.4 Å². The molecule has 2 aromatic carbocycles. The Morgan fingerprint density at radius 2 is 1.78 bits per heavy atom. The Bertz CT molecular complexity index is 1970. The van der Waals surface area contributed by atoms with E-state index >= 15 is 0 Å². The minimum atomic E-state index is -0.778. The number of carbonyl (C=O) groups excluding carboxylic acids is 4. The van der Waals surface area contributed by atoms with Gasteiger partial charge >= 0.3 is 5.97 Å². The number of aromatic nitrogens is 1. The van der Waals surface area contributed by atoms with E-state index in [4.69, 9.17) is 19.9 Å². The third-order valence-corrected chi connectivity index (χ3v) is 9.71. The highest BCUT2D eigenvalue weighted by atomic mass is 32.1. The molecule has 3 amide bonds. The molecule has 260 valence electrons. The molecule has 4 N–H and O–H groups in total. The number of thiophene rings is 1. The van der Waals surface area contributed by atoms with Crippen LogP contribution in [-0.4, -0.2) is 80.1 Å². The maximum Gasteiger partial charge on any atom is 0.357 e. The molecule has 1 fully saturated rings. The van der Waals surface area contributed by atoms with Gasteiger partial charge in [0.2, 0.25) is 0 Å². The predicted molar refractivity (Wildman–Crippen MR) is 190 cm³/mol. The van der Waals surface area contributed by atoms with Crippen molar-refractivity contribution in [2.45, 2.75) is 33.2 Å². The first-order chi connectivity index (χ1) is 24.2. The smallest absolute Gasteiger partial charge is 0.357 e. The van der Waals surface area contributed by atoms with Crippen LogP contribution in [0.4, 0.5) is 5.69 Å². The summed E-state index contributed by atoms with van der Waals surface area (Å²) in [5, 5.41) is 7.81. The van der Waals surface area contributed by atoms with Crippen LogP contribution in [0.15, 0.2) is 47.8 Å². The molecule has 0 spiro atoms. The van der Waals surface area contributed by atoms with Crippen molar-refractivity contribution in [3.8, 4) is 27.3 Å². The van der Waals surface area contributed by atoms with Crippen molar-refractivity contribution in [3.63, 3.8) is 0 Å². The summed E-state index contributed by atoms with van der Waals surface area (Å²) < 4.78 is 16.7. The Morgan fingerprint density at radius 3 is 2.52 bits per heavy atom. The van der Waals surface area contributed by atoms with Crippen LogP contribution in [0, 0.1) is 6.92 Å². The number of anilines is 1. The van der Waals surface area contributed by atoms with E-state index in [2.05, 4.69) is 15.6 Å². The fourth-order valence-electron chi connectivity index (χ4n) is 6.14. The first-order valence-corrected chi connectivity index (χ1v) is 17.4. The molecular formula is C37H39N5O7S. The van der Waals surface area contributed by atoms with Crippen LogP contribution in [0.2, 0.25) is 0 Å². The molecule has 4 heterocycles. The van der Waals surface area contributed by atoms with Crippen molar-refractivity contribution in [1.29, 1.82) is 0 Å². The molecule has 2 aromatic heterocycles. The first kappa shape index (κ1) is 34.7. The highest BCUT2D eigenvalue weighted by Crippen LogP contribution is 2.43. The van der Waals surface area contributed by atoms with Gasteiger partial charge in [0.15, 0.2) is 5.69 Å². The first-order valence-electron chi connectivity index (χ1n) is 16.5. The second kappa shape index (κ2) is 15.2. The van der Waals surface area contributed by atoms with Crippen LogP contribution in [0.5, 0.6) is 5.75 Å². The summed E-state index contributed by atoms with van der Waals surface area (Å²) >= 11 is 1.54. The lowest BCUT2D eigenvalue weighted by Gasteiger charge is -2.28. The van der Waals surface area contributed by atoms with Gasteiger partial charge in [-0.15, -0.1) is 11.3 Å². The molecule has 0 atom stereocenters. The summed E-state index contributed by atoms with van der Waals surface area (Å²) in [6.07, 6.45) is 1.40. The van der Waals surface area contributed by atoms with Crippen LogP contribution in [0.25, 0.3) is 21.6 Å². The highest BCUT2D eigenvalue weighted by molar-refractivity contribution is 7.13.